The average Bonchev–Trinajstić information content (AvgIpc) is 1.72. The van der Waals surface area contributed by atoms with Gasteiger partial charge in [-0.2, -0.15) is 0 Å². The summed E-state index contributed by atoms with van der Waals surface area (Å²) in [5.74, 6) is 0. The van der Waals surface area contributed by atoms with Crippen LogP contribution < -0.4 is 0 Å². The molecule has 0 fully saturated rings. The molecule has 1 aromatic carbocycles. The fourth-order valence-corrected chi connectivity index (χ4v) is 0.385. The predicted molar refractivity (Wildman–Crippen MR) is 66.8 cm³/mol. The van der Waals surface area contributed by atoms with Crippen LogP contribution in [0.2, 0.25) is 0 Å². The first-order valence-corrected chi connectivity index (χ1v) is 2.00. The highest BCUT2D eigenvalue weighted by atomic mass is 35.5. The summed E-state index contributed by atoms with van der Waals surface area (Å²) >= 11 is 0. The third-order valence-electron chi connectivity index (χ3n) is 0.667. The first kappa shape index (κ1) is 29.9. The summed E-state index contributed by atoms with van der Waals surface area (Å²) in [7, 11) is 0. The van der Waals surface area contributed by atoms with E-state index in [1.54, 1.807) is 0 Å². The quantitative estimate of drug-likeness (QED) is 0.622. The minimum atomic E-state index is 0. The molecule has 0 radical (unpaired) electrons. The molecule has 0 atom stereocenters. The van der Waals surface area contributed by atoms with Crippen molar-refractivity contribution in [2.24, 2.45) is 0 Å². The molecule has 0 aliphatic rings. The number of halogens is 4. The fourth-order valence-electron chi connectivity index (χ4n) is 0.385. The second-order valence-electron chi connectivity index (χ2n) is 1.15. The Labute approximate surface area is 96.8 Å². The van der Waals surface area contributed by atoms with Crippen LogP contribution in [-0.4, -0.2) is 11.0 Å². The zero-order chi connectivity index (χ0) is 4.24. The van der Waals surface area contributed by atoms with Gasteiger partial charge in [0.05, 0.1) is 0 Å². The lowest BCUT2D eigenvalue weighted by atomic mass is 10.4. The molecule has 0 spiro atoms. The van der Waals surface area contributed by atoms with Crippen molar-refractivity contribution < 1.29 is 0 Å². The Morgan fingerprint density at radius 3 is 0.545 bits per heavy atom. The number of benzene rings is 1. The van der Waals surface area contributed by atoms with Crippen LogP contribution in [0, 0.1) is 0 Å². The van der Waals surface area contributed by atoms with Gasteiger partial charge in [-0.1, -0.05) is 36.4 Å². The summed E-state index contributed by atoms with van der Waals surface area (Å²) < 4.78 is 0. The van der Waals surface area contributed by atoms with Gasteiger partial charge in [0.1, 0.15) is 0 Å². The van der Waals surface area contributed by atoms with Crippen LogP contribution in [0.1, 0.15) is 0 Å². The van der Waals surface area contributed by atoms with Crippen LogP contribution in [0.15, 0.2) is 36.4 Å². The fraction of sp³-hybridized carbons (Fsp3) is 0. The molecule has 70 valence electrons. The second kappa shape index (κ2) is 22.4. The SMILES string of the molecule is Cl.Cl.Cl.Cl.[SiH4].c1ccccc1. The molecule has 11 heavy (non-hydrogen) atoms. The maximum Gasteiger partial charge on any atom is -0.0149 e. The molecule has 0 N–H and O–H groups in total. The minimum absolute atomic E-state index is 0. The van der Waals surface area contributed by atoms with Crippen molar-refractivity contribution in [1.82, 2.24) is 0 Å². The largest absolute Gasteiger partial charge is 0.147 e. The molecule has 0 aliphatic heterocycles. The Balaban J connectivity index is -0.0000000240. The lowest BCUT2D eigenvalue weighted by Gasteiger charge is -1.69. The zero-order valence-corrected chi connectivity index (χ0v) is 8.36. The van der Waals surface area contributed by atoms with Gasteiger partial charge in [0.2, 0.25) is 0 Å². The van der Waals surface area contributed by atoms with E-state index in [-0.39, 0.29) is 60.6 Å². The number of hydrogen-bond donors (Lipinski definition) is 0. The van der Waals surface area contributed by atoms with Crippen LogP contribution in [-0.2, 0) is 0 Å². The molecule has 0 aliphatic carbocycles. The van der Waals surface area contributed by atoms with Crippen LogP contribution in [0.3, 0.4) is 0 Å². The van der Waals surface area contributed by atoms with E-state index in [0.717, 1.165) is 0 Å². The summed E-state index contributed by atoms with van der Waals surface area (Å²) in [4.78, 5) is 0. The Bertz CT molecular complexity index is 86.5. The standard InChI is InChI=1S/C6H6.4ClH.H4Si/c1-2-4-6-5-3-1;;;;;/h1-6H;4*1H;1H4. The van der Waals surface area contributed by atoms with Crippen molar-refractivity contribution in [1.29, 1.82) is 0 Å². The van der Waals surface area contributed by atoms with Crippen molar-refractivity contribution in [2.45, 2.75) is 0 Å². The molecule has 5 heteroatoms. The monoisotopic (exact) mass is 254 g/mol. The Kier molecular flexibility index (Phi) is 61.0. The summed E-state index contributed by atoms with van der Waals surface area (Å²) in [6, 6.07) is 12.0. The summed E-state index contributed by atoms with van der Waals surface area (Å²) in [6.07, 6.45) is 0. The van der Waals surface area contributed by atoms with Crippen molar-refractivity contribution >= 4 is 60.6 Å². The van der Waals surface area contributed by atoms with Crippen LogP contribution in [0.4, 0.5) is 0 Å². The maximum atomic E-state index is 2.00. The third-order valence-corrected chi connectivity index (χ3v) is 0.667. The van der Waals surface area contributed by atoms with Gasteiger partial charge >= 0.3 is 0 Å². The number of rotatable bonds is 0. The summed E-state index contributed by atoms with van der Waals surface area (Å²) in [5.41, 5.74) is 0. The molecular formula is C6H14Cl4Si. The molecule has 0 aromatic heterocycles. The normalized spacial score (nSPS) is 4.36. The van der Waals surface area contributed by atoms with Gasteiger partial charge in [-0.15, -0.1) is 49.6 Å². The van der Waals surface area contributed by atoms with E-state index in [0.29, 0.717) is 0 Å². The highest BCUT2D eigenvalue weighted by molar-refractivity contribution is 5.86. The van der Waals surface area contributed by atoms with E-state index >= 15 is 0 Å². The summed E-state index contributed by atoms with van der Waals surface area (Å²) in [6.45, 7) is 0. The van der Waals surface area contributed by atoms with Gasteiger partial charge < -0.3 is 0 Å². The molecule has 0 bridgehead atoms. The van der Waals surface area contributed by atoms with E-state index in [9.17, 15) is 0 Å². The second-order valence-corrected chi connectivity index (χ2v) is 1.15. The lowest BCUT2D eigenvalue weighted by Crippen LogP contribution is -1.47. The van der Waals surface area contributed by atoms with Gasteiger partial charge in [0.25, 0.3) is 0 Å². The first-order chi connectivity index (χ1) is 3.00. The van der Waals surface area contributed by atoms with Gasteiger partial charge in [0.15, 0.2) is 0 Å². The molecular weight excluding hydrogens is 242 g/mol. The van der Waals surface area contributed by atoms with E-state index in [4.69, 9.17) is 0 Å². The van der Waals surface area contributed by atoms with E-state index in [1.807, 2.05) is 36.4 Å². The smallest absolute Gasteiger partial charge is 0.0149 e. The predicted octanol–water partition coefficient (Wildman–Crippen LogP) is 1.92. The zero-order valence-electron chi connectivity index (χ0n) is 5.10. The topological polar surface area (TPSA) is 0 Å². The van der Waals surface area contributed by atoms with E-state index in [2.05, 4.69) is 0 Å². The van der Waals surface area contributed by atoms with Crippen molar-refractivity contribution in [3.05, 3.63) is 36.4 Å². The van der Waals surface area contributed by atoms with E-state index < -0.39 is 0 Å². The van der Waals surface area contributed by atoms with Crippen molar-refractivity contribution in [3.63, 3.8) is 0 Å². The molecule has 1 aromatic rings. The van der Waals surface area contributed by atoms with Gasteiger partial charge in [-0.3, -0.25) is 0 Å². The van der Waals surface area contributed by atoms with Gasteiger partial charge in [-0.25, -0.2) is 0 Å². The van der Waals surface area contributed by atoms with E-state index in [1.165, 1.54) is 0 Å². The van der Waals surface area contributed by atoms with Crippen LogP contribution in [0.5, 0.6) is 0 Å². The lowest BCUT2D eigenvalue weighted by molar-refractivity contribution is 1.72. The molecule has 0 nitrogen and oxygen atoms in total. The Hall–Kier alpha value is 0.597. The van der Waals surface area contributed by atoms with Crippen molar-refractivity contribution in [3.8, 4) is 0 Å². The van der Waals surface area contributed by atoms with Gasteiger partial charge in [-0.05, 0) is 11.0 Å². The van der Waals surface area contributed by atoms with Crippen LogP contribution in [0.25, 0.3) is 0 Å². The number of hydrogen-bond acceptors (Lipinski definition) is 0. The Morgan fingerprint density at radius 1 is 0.364 bits per heavy atom. The maximum absolute atomic E-state index is 2.00. The highest BCUT2D eigenvalue weighted by Crippen LogP contribution is 1.79. The highest BCUT2D eigenvalue weighted by Gasteiger charge is 1.57. The Morgan fingerprint density at radius 2 is 0.455 bits per heavy atom. The minimum Gasteiger partial charge on any atom is -0.147 e. The van der Waals surface area contributed by atoms with Crippen molar-refractivity contribution in [2.75, 3.05) is 0 Å². The molecule has 0 heterocycles. The average molecular weight is 256 g/mol. The molecule has 1 rings (SSSR count). The molecule has 0 saturated heterocycles. The molecule has 0 amide bonds. The van der Waals surface area contributed by atoms with Gasteiger partial charge in [0, 0.05) is 0 Å². The van der Waals surface area contributed by atoms with Crippen LogP contribution >= 0.6 is 49.6 Å². The third kappa shape index (κ3) is 18.0. The summed E-state index contributed by atoms with van der Waals surface area (Å²) in [5, 5.41) is 0. The molecule has 0 unspecified atom stereocenters. The first-order valence-electron chi connectivity index (χ1n) is 2.00. The molecule has 0 saturated carbocycles.